The van der Waals surface area contributed by atoms with E-state index in [1.165, 1.54) is 0 Å². The third-order valence-corrected chi connectivity index (χ3v) is 3.01. The first-order chi connectivity index (χ1) is 11.6. The molecule has 0 heterocycles. The van der Waals surface area contributed by atoms with Crippen molar-refractivity contribution in [3.63, 3.8) is 0 Å². The Morgan fingerprint density at radius 2 is 1.79 bits per heavy atom. The summed E-state index contributed by atoms with van der Waals surface area (Å²) in [7, 11) is 0. The van der Waals surface area contributed by atoms with Crippen molar-refractivity contribution in [2.75, 3.05) is 6.54 Å². The Labute approximate surface area is 142 Å². The van der Waals surface area contributed by atoms with E-state index >= 15 is 0 Å². The standard InChI is InChI=1S/C20H21NO3/c1-16(2)24-19-13-7-6-11-18(19)12-8-14-21-20(22)23-15-17-9-4-3-5-10-17/h3-7,9-11,13,16H,14-15H2,1-2H3,(H,21,22). The number of benzene rings is 2. The summed E-state index contributed by atoms with van der Waals surface area (Å²) in [5, 5.41) is 2.61. The van der Waals surface area contributed by atoms with Crippen molar-refractivity contribution >= 4 is 6.09 Å². The molecular formula is C20H21NO3. The molecule has 0 fully saturated rings. The molecule has 2 aromatic carbocycles. The molecule has 0 radical (unpaired) electrons. The highest BCUT2D eigenvalue weighted by Crippen LogP contribution is 2.17. The van der Waals surface area contributed by atoms with Crippen LogP contribution < -0.4 is 10.1 Å². The van der Waals surface area contributed by atoms with Crippen LogP contribution in [0.2, 0.25) is 0 Å². The van der Waals surface area contributed by atoms with Crippen LogP contribution in [-0.4, -0.2) is 18.7 Å². The Hall–Kier alpha value is -2.93. The zero-order valence-electron chi connectivity index (χ0n) is 13.9. The summed E-state index contributed by atoms with van der Waals surface area (Å²) in [6, 6.07) is 17.1. The molecule has 2 rings (SSSR count). The Morgan fingerprint density at radius 1 is 1.08 bits per heavy atom. The molecule has 0 aliphatic rings. The molecule has 1 amide bonds. The van der Waals surface area contributed by atoms with Gasteiger partial charge in [-0.15, -0.1) is 0 Å². The zero-order chi connectivity index (χ0) is 17.2. The van der Waals surface area contributed by atoms with E-state index in [1.54, 1.807) is 0 Å². The number of ether oxygens (including phenoxy) is 2. The van der Waals surface area contributed by atoms with E-state index in [-0.39, 0.29) is 19.3 Å². The van der Waals surface area contributed by atoms with Gasteiger partial charge in [0.1, 0.15) is 12.4 Å². The van der Waals surface area contributed by atoms with Gasteiger partial charge in [0.15, 0.2) is 0 Å². The van der Waals surface area contributed by atoms with Gasteiger partial charge >= 0.3 is 6.09 Å². The topological polar surface area (TPSA) is 47.6 Å². The van der Waals surface area contributed by atoms with Crippen LogP contribution in [0.3, 0.4) is 0 Å². The fourth-order valence-electron chi connectivity index (χ4n) is 1.96. The van der Waals surface area contributed by atoms with Crippen LogP contribution in [-0.2, 0) is 11.3 Å². The van der Waals surface area contributed by atoms with Crippen molar-refractivity contribution in [2.45, 2.75) is 26.6 Å². The van der Waals surface area contributed by atoms with Gasteiger partial charge in [-0.05, 0) is 31.5 Å². The Bertz CT molecular complexity index is 714. The van der Waals surface area contributed by atoms with Crippen LogP contribution in [0.25, 0.3) is 0 Å². The minimum atomic E-state index is -0.486. The van der Waals surface area contributed by atoms with Gasteiger partial charge in [0, 0.05) is 0 Å². The minimum Gasteiger partial charge on any atom is -0.490 e. The van der Waals surface area contributed by atoms with Gasteiger partial charge in [-0.25, -0.2) is 4.79 Å². The van der Waals surface area contributed by atoms with Gasteiger partial charge in [0.2, 0.25) is 0 Å². The number of hydrogen-bond donors (Lipinski definition) is 1. The van der Waals surface area contributed by atoms with E-state index in [1.807, 2.05) is 68.4 Å². The van der Waals surface area contributed by atoms with Crippen molar-refractivity contribution in [2.24, 2.45) is 0 Å². The average molecular weight is 323 g/mol. The minimum absolute atomic E-state index is 0.0824. The SMILES string of the molecule is CC(C)Oc1ccccc1C#CCNC(=O)OCc1ccccc1. The Balaban J connectivity index is 1.80. The summed E-state index contributed by atoms with van der Waals surface area (Å²) in [4.78, 5) is 11.6. The van der Waals surface area contributed by atoms with Crippen molar-refractivity contribution in [3.05, 3.63) is 65.7 Å². The van der Waals surface area contributed by atoms with Crippen LogP contribution in [0.1, 0.15) is 25.0 Å². The number of para-hydroxylation sites is 1. The molecule has 24 heavy (non-hydrogen) atoms. The predicted octanol–water partition coefficient (Wildman–Crippen LogP) is 3.75. The normalized spacial score (nSPS) is 9.79. The molecule has 0 unspecified atom stereocenters. The lowest BCUT2D eigenvalue weighted by Gasteiger charge is -2.10. The van der Waals surface area contributed by atoms with Gasteiger partial charge in [-0.3, -0.25) is 0 Å². The molecule has 2 aromatic rings. The maximum absolute atomic E-state index is 11.6. The summed E-state index contributed by atoms with van der Waals surface area (Å²) >= 11 is 0. The molecule has 0 spiro atoms. The van der Waals surface area contributed by atoms with Gasteiger partial charge in [0.05, 0.1) is 18.2 Å². The second-order valence-corrected chi connectivity index (χ2v) is 5.38. The predicted molar refractivity (Wildman–Crippen MR) is 93.7 cm³/mol. The molecule has 0 saturated carbocycles. The van der Waals surface area contributed by atoms with Crippen molar-refractivity contribution < 1.29 is 14.3 Å². The van der Waals surface area contributed by atoms with Crippen LogP contribution in [0.5, 0.6) is 5.75 Å². The van der Waals surface area contributed by atoms with Crippen LogP contribution in [0, 0.1) is 11.8 Å². The van der Waals surface area contributed by atoms with E-state index in [0.717, 1.165) is 16.9 Å². The highest BCUT2D eigenvalue weighted by molar-refractivity contribution is 5.67. The van der Waals surface area contributed by atoms with E-state index in [9.17, 15) is 4.79 Å². The lowest BCUT2D eigenvalue weighted by molar-refractivity contribution is 0.141. The smallest absolute Gasteiger partial charge is 0.408 e. The average Bonchev–Trinajstić information content (AvgIpc) is 2.58. The molecule has 0 aliphatic heterocycles. The molecule has 0 aliphatic carbocycles. The fourth-order valence-corrected chi connectivity index (χ4v) is 1.96. The molecule has 0 aromatic heterocycles. The molecule has 4 nitrogen and oxygen atoms in total. The van der Waals surface area contributed by atoms with E-state index in [0.29, 0.717) is 0 Å². The summed E-state index contributed by atoms with van der Waals surface area (Å²) in [6.07, 6.45) is -0.404. The van der Waals surface area contributed by atoms with Crippen LogP contribution in [0.4, 0.5) is 4.79 Å². The Morgan fingerprint density at radius 3 is 2.54 bits per heavy atom. The third-order valence-electron chi connectivity index (χ3n) is 3.01. The van der Waals surface area contributed by atoms with E-state index in [4.69, 9.17) is 9.47 Å². The van der Waals surface area contributed by atoms with Gasteiger partial charge in [-0.2, -0.15) is 0 Å². The number of rotatable bonds is 5. The van der Waals surface area contributed by atoms with Crippen LogP contribution >= 0.6 is 0 Å². The van der Waals surface area contributed by atoms with Crippen molar-refractivity contribution in [1.29, 1.82) is 0 Å². The van der Waals surface area contributed by atoms with E-state index in [2.05, 4.69) is 17.2 Å². The number of alkyl carbamates (subject to hydrolysis) is 1. The van der Waals surface area contributed by atoms with Crippen molar-refractivity contribution in [3.8, 4) is 17.6 Å². The zero-order valence-corrected chi connectivity index (χ0v) is 13.9. The number of carbonyl (C=O) groups is 1. The highest BCUT2D eigenvalue weighted by atomic mass is 16.5. The summed E-state index contributed by atoms with van der Waals surface area (Å²) < 4.78 is 10.8. The molecule has 0 atom stereocenters. The summed E-state index contributed by atoms with van der Waals surface area (Å²) in [5.74, 6) is 6.65. The first kappa shape index (κ1) is 17.4. The molecule has 4 heteroatoms. The van der Waals surface area contributed by atoms with E-state index < -0.39 is 6.09 Å². The second-order valence-electron chi connectivity index (χ2n) is 5.38. The lowest BCUT2D eigenvalue weighted by Crippen LogP contribution is -2.24. The molecule has 0 saturated heterocycles. The monoisotopic (exact) mass is 323 g/mol. The van der Waals surface area contributed by atoms with Gasteiger partial charge in [-0.1, -0.05) is 54.3 Å². The summed E-state index contributed by atoms with van der Waals surface area (Å²) in [5.41, 5.74) is 1.74. The van der Waals surface area contributed by atoms with Gasteiger partial charge < -0.3 is 14.8 Å². The molecule has 124 valence electrons. The number of carbonyl (C=O) groups excluding carboxylic acids is 1. The quantitative estimate of drug-likeness (QED) is 0.853. The maximum atomic E-state index is 11.6. The van der Waals surface area contributed by atoms with Crippen LogP contribution in [0.15, 0.2) is 54.6 Å². The molecular weight excluding hydrogens is 302 g/mol. The first-order valence-electron chi connectivity index (χ1n) is 7.84. The number of hydrogen-bond acceptors (Lipinski definition) is 3. The number of amides is 1. The second kappa shape index (κ2) is 9.26. The molecule has 0 bridgehead atoms. The van der Waals surface area contributed by atoms with Gasteiger partial charge in [0.25, 0.3) is 0 Å². The third kappa shape index (κ3) is 6.05. The maximum Gasteiger partial charge on any atom is 0.408 e. The summed E-state index contributed by atoms with van der Waals surface area (Å²) in [6.45, 7) is 4.39. The fraction of sp³-hybridized carbons (Fsp3) is 0.250. The Kier molecular flexibility index (Phi) is 6.73. The first-order valence-corrected chi connectivity index (χ1v) is 7.84. The van der Waals surface area contributed by atoms with Crippen molar-refractivity contribution in [1.82, 2.24) is 5.32 Å². The number of nitrogens with one attached hydrogen (secondary N) is 1. The largest absolute Gasteiger partial charge is 0.490 e. The highest BCUT2D eigenvalue weighted by Gasteiger charge is 2.03. The molecule has 1 N–H and O–H groups in total. The lowest BCUT2D eigenvalue weighted by atomic mass is 10.2.